The molecule has 1 atom stereocenters. The molecule has 2 rings (SSSR count). The van der Waals surface area contributed by atoms with E-state index in [0.29, 0.717) is 6.04 Å². The lowest BCUT2D eigenvalue weighted by Gasteiger charge is -2.34. The lowest BCUT2D eigenvalue weighted by molar-refractivity contribution is 0.415. The molecule has 0 aromatic heterocycles. The van der Waals surface area contributed by atoms with Crippen LogP contribution in [0, 0.1) is 6.92 Å². The fourth-order valence-electron chi connectivity index (χ4n) is 2.49. The zero-order valence-corrected chi connectivity index (χ0v) is 11.5. The third-order valence-corrected chi connectivity index (χ3v) is 3.63. The van der Waals surface area contributed by atoms with Gasteiger partial charge in [-0.2, -0.15) is 0 Å². The van der Waals surface area contributed by atoms with Crippen LogP contribution in [0.15, 0.2) is 24.3 Å². The summed E-state index contributed by atoms with van der Waals surface area (Å²) in [5.41, 5.74) is 2.86. The van der Waals surface area contributed by atoms with Gasteiger partial charge in [-0.05, 0) is 52.8 Å². The van der Waals surface area contributed by atoms with Gasteiger partial charge in [0.05, 0.1) is 0 Å². The van der Waals surface area contributed by atoms with Crippen molar-refractivity contribution in [3.63, 3.8) is 0 Å². The van der Waals surface area contributed by atoms with Crippen LogP contribution in [0.2, 0.25) is 0 Å². The summed E-state index contributed by atoms with van der Waals surface area (Å²) >= 11 is 0. The minimum absolute atomic E-state index is 0.190. The minimum atomic E-state index is 0.190. The van der Waals surface area contributed by atoms with E-state index < -0.39 is 0 Å². The molecule has 0 bridgehead atoms. The van der Waals surface area contributed by atoms with Gasteiger partial charge in [0.15, 0.2) is 0 Å². The van der Waals surface area contributed by atoms with Gasteiger partial charge < -0.3 is 10.2 Å². The molecule has 94 valence electrons. The number of aryl methyl sites for hydroxylation is 1. The molecule has 0 radical (unpaired) electrons. The van der Waals surface area contributed by atoms with Crippen molar-refractivity contribution in [2.75, 3.05) is 18.0 Å². The van der Waals surface area contributed by atoms with Crippen molar-refractivity contribution >= 4 is 5.69 Å². The molecule has 1 unspecified atom stereocenters. The first-order chi connectivity index (χ1) is 7.98. The lowest BCUT2D eigenvalue weighted by Crippen LogP contribution is -2.47. The summed E-state index contributed by atoms with van der Waals surface area (Å²) in [4.78, 5) is 2.53. The maximum atomic E-state index is 3.62. The molecule has 1 aliphatic rings. The summed E-state index contributed by atoms with van der Waals surface area (Å²) in [6.07, 6.45) is 1.21. The molecule has 0 saturated carbocycles. The van der Waals surface area contributed by atoms with E-state index in [-0.39, 0.29) is 5.54 Å². The number of anilines is 1. The second-order valence-corrected chi connectivity index (χ2v) is 5.91. The summed E-state index contributed by atoms with van der Waals surface area (Å²) in [6, 6.07) is 9.49. The van der Waals surface area contributed by atoms with Crippen LogP contribution in [0.1, 0.15) is 32.8 Å². The van der Waals surface area contributed by atoms with E-state index in [0.717, 1.165) is 13.1 Å². The Kier molecular flexibility index (Phi) is 3.43. The monoisotopic (exact) mass is 232 g/mol. The molecule has 0 spiro atoms. The highest BCUT2D eigenvalue weighted by atomic mass is 15.2. The third kappa shape index (κ3) is 3.01. The summed E-state index contributed by atoms with van der Waals surface area (Å²) in [5, 5.41) is 3.62. The number of hydrogen-bond acceptors (Lipinski definition) is 2. The fourth-order valence-corrected chi connectivity index (χ4v) is 2.49. The first-order valence-electron chi connectivity index (χ1n) is 6.56. The topological polar surface area (TPSA) is 15.3 Å². The molecule has 1 aromatic rings. The maximum Gasteiger partial charge on any atom is 0.0369 e. The summed E-state index contributed by atoms with van der Waals surface area (Å²) in [5.74, 6) is 0. The van der Waals surface area contributed by atoms with Crippen LogP contribution in [0.25, 0.3) is 0 Å². The smallest absolute Gasteiger partial charge is 0.0369 e. The first-order valence-corrected chi connectivity index (χ1v) is 6.56. The quantitative estimate of drug-likeness (QED) is 0.801. The molecule has 17 heavy (non-hydrogen) atoms. The van der Waals surface area contributed by atoms with Crippen molar-refractivity contribution in [2.24, 2.45) is 0 Å². The number of benzene rings is 1. The Morgan fingerprint density at radius 1 is 1.24 bits per heavy atom. The molecule has 1 aromatic carbocycles. The van der Waals surface area contributed by atoms with E-state index in [1.807, 2.05) is 0 Å². The van der Waals surface area contributed by atoms with Crippen LogP contribution < -0.4 is 10.2 Å². The molecule has 2 nitrogen and oxygen atoms in total. The lowest BCUT2D eigenvalue weighted by atomic mass is 10.0. The van der Waals surface area contributed by atoms with Crippen LogP contribution in [-0.2, 0) is 0 Å². The van der Waals surface area contributed by atoms with Crippen LogP contribution in [0.5, 0.6) is 0 Å². The molecule has 0 aliphatic carbocycles. The fraction of sp³-hybridized carbons (Fsp3) is 0.600. The van der Waals surface area contributed by atoms with Crippen LogP contribution in [0.3, 0.4) is 0 Å². The number of nitrogens with one attached hydrogen (secondary N) is 1. The van der Waals surface area contributed by atoms with E-state index in [1.165, 1.54) is 17.7 Å². The maximum absolute atomic E-state index is 3.62. The number of rotatable bonds is 1. The Morgan fingerprint density at radius 3 is 2.53 bits per heavy atom. The van der Waals surface area contributed by atoms with Crippen LogP contribution in [0.4, 0.5) is 5.69 Å². The molecule has 1 aliphatic heterocycles. The molecular weight excluding hydrogens is 208 g/mol. The Hall–Kier alpha value is -1.02. The highest BCUT2D eigenvalue weighted by Gasteiger charge is 2.27. The van der Waals surface area contributed by atoms with Crippen LogP contribution >= 0.6 is 0 Å². The van der Waals surface area contributed by atoms with Gasteiger partial charge in [0.2, 0.25) is 0 Å². The van der Waals surface area contributed by atoms with Gasteiger partial charge >= 0.3 is 0 Å². The average Bonchev–Trinajstić information content (AvgIpc) is 2.39. The third-order valence-electron chi connectivity index (χ3n) is 3.63. The van der Waals surface area contributed by atoms with E-state index >= 15 is 0 Å². The van der Waals surface area contributed by atoms with Gasteiger partial charge in [0.25, 0.3) is 0 Å². The van der Waals surface area contributed by atoms with Crippen molar-refractivity contribution in [3.8, 4) is 0 Å². The van der Waals surface area contributed by atoms with Crippen molar-refractivity contribution in [2.45, 2.75) is 45.7 Å². The second-order valence-electron chi connectivity index (χ2n) is 5.91. The van der Waals surface area contributed by atoms with Gasteiger partial charge in [0.1, 0.15) is 0 Å². The van der Waals surface area contributed by atoms with Gasteiger partial charge in [-0.15, -0.1) is 0 Å². The van der Waals surface area contributed by atoms with Crippen molar-refractivity contribution in [1.82, 2.24) is 5.32 Å². The van der Waals surface area contributed by atoms with E-state index in [4.69, 9.17) is 0 Å². The molecule has 1 fully saturated rings. The van der Waals surface area contributed by atoms with E-state index in [1.54, 1.807) is 0 Å². The summed E-state index contributed by atoms with van der Waals surface area (Å²) in [6.45, 7) is 11.2. The molecule has 0 amide bonds. The summed E-state index contributed by atoms with van der Waals surface area (Å²) < 4.78 is 0. The Balaban J connectivity index is 2.24. The SMILES string of the molecule is Cc1ccc(N2CC(C)(C)NCCC2C)cc1. The Bertz CT molecular complexity index is 367. The Labute approximate surface area is 105 Å². The zero-order valence-electron chi connectivity index (χ0n) is 11.5. The predicted molar refractivity (Wildman–Crippen MR) is 74.7 cm³/mol. The molecule has 1 heterocycles. The van der Waals surface area contributed by atoms with Crippen molar-refractivity contribution in [3.05, 3.63) is 29.8 Å². The number of hydrogen-bond donors (Lipinski definition) is 1. The van der Waals surface area contributed by atoms with E-state index in [2.05, 4.69) is 62.2 Å². The van der Waals surface area contributed by atoms with E-state index in [9.17, 15) is 0 Å². The van der Waals surface area contributed by atoms with Gasteiger partial charge in [0, 0.05) is 23.8 Å². The largest absolute Gasteiger partial charge is 0.367 e. The van der Waals surface area contributed by atoms with Gasteiger partial charge in [-0.3, -0.25) is 0 Å². The number of nitrogens with zero attached hydrogens (tertiary/aromatic N) is 1. The summed E-state index contributed by atoms with van der Waals surface area (Å²) in [7, 11) is 0. The zero-order chi connectivity index (χ0) is 12.5. The molecular formula is C15H24N2. The standard InChI is InChI=1S/C15H24N2/c1-12-5-7-14(8-6-12)17-11-15(3,4)16-10-9-13(17)2/h5-8,13,16H,9-11H2,1-4H3. The highest BCUT2D eigenvalue weighted by molar-refractivity contribution is 5.49. The minimum Gasteiger partial charge on any atom is -0.367 e. The van der Waals surface area contributed by atoms with Crippen molar-refractivity contribution < 1.29 is 0 Å². The van der Waals surface area contributed by atoms with Gasteiger partial charge in [-0.25, -0.2) is 0 Å². The average molecular weight is 232 g/mol. The highest BCUT2D eigenvalue weighted by Crippen LogP contribution is 2.23. The normalized spacial score (nSPS) is 24.5. The van der Waals surface area contributed by atoms with Gasteiger partial charge in [-0.1, -0.05) is 17.7 Å². The molecule has 1 saturated heterocycles. The molecule has 1 N–H and O–H groups in total. The van der Waals surface area contributed by atoms with Crippen molar-refractivity contribution in [1.29, 1.82) is 0 Å². The second kappa shape index (κ2) is 4.69. The Morgan fingerprint density at radius 2 is 1.88 bits per heavy atom. The predicted octanol–water partition coefficient (Wildman–Crippen LogP) is 2.96. The van der Waals surface area contributed by atoms with Crippen LogP contribution in [-0.4, -0.2) is 24.7 Å². The first kappa shape index (κ1) is 12.4. The molecule has 2 heteroatoms.